The first-order valence-corrected chi connectivity index (χ1v) is 6.85. The maximum absolute atomic E-state index is 11.7. The zero-order valence-electron chi connectivity index (χ0n) is 10.3. The number of nitrogens with one attached hydrogen (secondary N) is 2. The van der Waals surface area contributed by atoms with Crippen molar-refractivity contribution in [2.75, 3.05) is 13.6 Å². The summed E-state index contributed by atoms with van der Waals surface area (Å²) in [5, 5.41) is 4.29. The van der Waals surface area contributed by atoms with E-state index in [0.717, 1.165) is 23.3 Å². The fourth-order valence-electron chi connectivity index (χ4n) is 1.85. The Morgan fingerprint density at radius 2 is 2.00 bits per heavy atom. The molecule has 1 atom stereocenters. The van der Waals surface area contributed by atoms with Gasteiger partial charge in [0.25, 0.3) is 5.91 Å². The molecule has 1 amide bonds. The fourth-order valence-corrected chi connectivity index (χ4v) is 2.38. The van der Waals surface area contributed by atoms with Crippen molar-refractivity contribution in [2.45, 2.75) is 25.4 Å². The van der Waals surface area contributed by atoms with Crippen LogP contribution in [0.5, 0.6) is 0 Å². The monoisotopic (exact) mass is 287 g/mol. The molecule has 0 bridgehead atoms. The normalized spacial score (nSPS) is 16.4. The lowest BCUT2D eigenvalue weighted by Crippen LogP contribution is -3.09. The van der Waals surface area contributed by atoms with E-state index in [0.29, 0.717) is 29.2 Å². The Morgan fingerprint density at radius 3 is 2.56 bits per heavy atom. The summed E-state index contributed by atoms with van der Waals surface area (Å²) in [5.41, 5.74) is 0.901. The molecule has 1 aromatic rings. The van der Waals surface area contributed by atoms with Crippen molar-refractivity contribution in [1.82, 2.24) is 5.32 Å². The molecule has 0 spiro atoms. The Hall–Kier alpha value is -0.770. The van der Waals surface area contributed by atoms with E-state index in [-0.39, 0.29) is 5.91 Å². The molecule has 3 nitrogen and oxygen atoms in total. The van der Waals surface area contributed by atoms with Gasteiger partial charge in [0.15, 0.2) is 6.54 Å². The summed E-state index contributed by atoms with van der Waals surface area (Å²) in [4.78, 5) is 12.7. The van der Waals surface area contributed by atoms with Crippen LogP contribution in [0.3, 0.4) is 0 Å². The first-order valence-electron chi connectivity index (χ1n) is 6.10. The molecule has 0 radical (unpaired) electrons. The Labute approximate surface area is 117 Å². The van der Waals surface area contributed by atoms with Crippen LogP contribution >= 0.6 is 23.2 Å². The molecule has 2 N–H and O–H groups in total. The Morgan fingerprint density at radius 1 is 1.39 bits per heavy atom. The number of carbonyl (C=O) groups is 1. The van der Waals surface area contributed by atoms with Gasteiger partial charge >= 0.3 is 0 Å². The first kappa shape index (κ1) is 13.7. The Kier molecular flexibility index (Phi) is 4.49. The molecule has 0 heterocycles. The van der Waals surface area contributed by atoms with Crippen LogP contribution in [-0.2, 0) is 11.3 Å². The van der Waals surface area contributed by atoms with Crippen molar-refractivity contribution in [1.29, 1.82) is 0 Å². The molecule has 1 aliphatic carbocycles. The second-order valence-corrected chi connectivity index (χ2v) is 5.67. The summed E-state index contributed by atoms with van der Waals surface area (Å²) in [5.74, 6) is 0.0955. The summed E-state index contributed by atoms with van der Waals surface area (Å²) in [6, 6.07) is 5.87. The van der Waals surface area contributed by atoms with Crippen LogP contribution < -0.4 is 10.2 Å². The smallest absolute Gasteiger partial charge is 0.275 e. The first-order chi connectivity index (χ1) is 8.56. The van der Waals surface area contributed by atoms with Gasteiger partial charge in [-0.2, -0.15) is 0 Å². The van der Waals surface area contributed by atoms with Crippen molar-refractivity contribution in [3.8, 4) is 0 Å². The Bertz CT molecular complexity index is 426. The maximum atomic E-state index is 11.7. The lowest BCUT2D eigenvalue weighted by atomic mass is 10.2. The summed E-state index contributed by atoms with van der Waals surface area (Å²) >= 11 is 12.2. The molecule has 2 rings (SSSR count). The molecule has 1 aromatic carbocycles. The third-order valence-corrected chi connectivity index (χ3v) is 3.65. The fraction of sp³-hybridized carbons (Fsp3) is 0.462. The van der Waals surface area contributed by atoms with Gasteiger partial charge in [-0.1, -0.05) is 29.3 Å². The standard InChI is InChI=1S/C13H16Cl2N2O/c1-17(8-13(18)16-9-5-6-9)7-10-11(14)3-2-4-12(10)15/h2-4,9H,5-8H2,1H3,(H,16,18)/p+1. The lowest BCUT2D eigenvalue weighted by Gasteiger charge is -2.15. The number of hydrogen-bond donors (Lipinski definition) is 2. The van der Waals surface area contributed by atoms with Crippen molar-refractivity contribution < 1.29 is 9.69 Å². The highest BCUT2D eigenvalue weighted by atomic mass is 35.5. The van der Waals surface area contributed by atoms with Crippen LogP contribution in [-0.4, -0.2) is 25.5 Å². The van der Waals surface area contributed by atoms with Gasteiger partial charge in [-0.05, 0) is 25.0 Å². The van der Waals surface area contributed by atoms with E-state index >= 15 is 0 Å². The van der Waals surface area contributed by atoms with Crippen LogP contribution in [0.4, 0.5) is 0 Å². The predicted molar refractivity (Wildman–Crippen MR) is 73.1 cm³/mol. The molecule has 1 aliphatic rings. The largest absolute Gasteiger partial charge is 0.348 e. The van der Waals surface area contributed by atoms with E-state index in [1.807, 2.05) is 25.2 Å². The minimum atomic E-state index is 0.0955. The average Bonchev–Trinajstić information content (AvgIpc) is 3.07. The van der Waals surface area contributed by atoms with Crippen LogP contribution in [0.1, 0.15) is 18.4 Å². The van der Waals surface area contributed by atoms with E-state index in [1.54, 1.807) is 0 Å². The molecule has 0 saturated heterocycles. The molecule has 1 saturated carbocycles. The van der Waals surface area contributed by atoms with Gasteiger partial charge in [-0.15, -0.1) is 0 Å². The van der Waals surface area contributed by atoms with E-state index in [4.69, 9.17) is 23.2 Å². The molecule has 5 heteroatoms. The number of likely N-dealkylation sites (N-methyl/N-ethyl adjacent to an activating group) is 1. The van der Waals surface area contributed by atoms with Crippen LogP contribution in [0, 0.1) is 0 Å². The molecule has 18 heavy (non-hydrogen) atoms. The number of benzene rings is 1. The third kappa shape index (κ3) is 3.87. The molecule has 0 aliphatic heterocycles. The molecule has 1 unspecified atom stereocenters. The van der Waals surface area contributed by atoms with Gasteiger partial charge in [0, 0.05) is 11.6 Å². The van der Waals surface area contributed by atoms with Gasteiger partial charge in [0.2, 0.25) is 0 Å². The Balaban J connectivity index is 1.89. The SMILES string of the molecule is C[NH+](CC(=O)NC1CC1)Cc1c(Cl)cccc1Cl. The van der Waals surface area contributed by atoms with Crippen LogP contribution in [0.25, 0.3) is 0 Å². The second kappa shape index (κ2) is 5.91. The van der Waals surface area contributed by atoms with Gasteiger partial charge in [-0.3, -0.25) is 4.79 Å². The summed E-state index contributed by atoms with van der Waals surface area (Å²) < 4.78 is 0. The van der Waals surface area contributed by atoms with E-state index in [1.165, 1.54) is 0 Å². The number of carbonyl (C=O) groups excluding carboxylic acids is 1. The highest BCUT2D eigenvalue weighted by molar-refractivity contribution is 6.35. The van der Waals surface area contributed by atoms with Crippen molar-refractivity contribution in [3.05, 3.63) is 33.8 Å². The topological polar surface area (TPSA) is 33.5 Å². The minimum Gasteiger partial charge on any atom is -0.348 e. The number of halogens is 2. The van der Waals surface area contributed by atoms with Crippen LogP contribution in [0.15, 0.2) is 18.2 Å². The van der Waals surface area contributed by atoms with Crippen molar-refractivity contribution >= 4 is 29.1 Å². The number of hydrogen-bond acceptors (Lipinski definition) is 1. The van der Waals surface area contributed by atoms with E-state index < -0.39 is 0 Å². The van der Waals surface area contributed by atoms with Crippen LogP contribution in [0.2, 0.25) is 10.0 Å². The highest BCUT2D eigenvalue weighted by Gasteiger charge is 2.24. The molecular weight excluding hydrogens is 271 g/mol. The number of rotatable bonds is 5. The molecule has 1 fully saturated rings. The number of quaternary nitrogens is 1. The zero-order valence-corrected chi connectivity index (χ0v) is 11.8. The predicted octanol–water partition coefficient (Wildman–Crippen LogP) is 1.29. The molecular formula is C13H17Cl2N2O+. The van der Waals surface area contributed by atoms with Crippen molar-refractivity contribution in [2.24, 2.45) is 0 Å². The zero-order chi connectivity index (χ0) is 13.1. The average molecular weight is 288 g/mol. The summed E-state index contributed by atoms with van der Waals surface area (Å²) in [7, 11) is 1.96. The molecule has 98 valence electrons. The van der Waals surface area contributed by atoms with E-state index in [2.05, 4.69) is 5.32 Å². The summed E-state index contributed by atoms with van der Waals surface area (Å²) in [6.07, 6.45) is 2.22. The van der Waals surface area contributed by atoms with Gasteiger partial charge in [-0.25, -0.2) is 0 Å². The lowest BCUT2D eigenvalue weighted by molar-refractivity contribution is -0.885. The number of amides is 1. The van der Waals surface area contributed by atoms with Gasteiger partial charge in [0.1, 0.15) is 6.54 Å². The highest BCUT2D eigenvalue weighted by Crippen LogP contribution is 2.23. The van der Waals surface area contributed by atoms with Crippen molar-refractivity contribution in [3.63, 3.8) is 0 Å². The summed E-state index contributed by atoms with van der Waals surface area (Å²) in [6.45, 7) is 1.09. The van der Waals surface area contributed by atoms with Gasteiger partial charge in [0.05, 0.1) is 17.1 Å². The second-order valence-electron chi connectivity index (χ2n) is 4.85. The third-order valence-electron chi connectivity index (χ3n) is 2.95. The van der Waals surface area contributed by atoms with Gasteiger partial charge < -0.3 is 10.2 Å². The maximum Gasteiger partial charge on any atom is 0.275 e. The minimum absolute atomic E-state index is 0.0955. The quantitative estimate of drug-likeness (QED) is 0.841. The molecule has 0 aromatic heterocycles. The van der Waals surface area contributed by atoms with E-state index in [9.17, 15) is 4.79 Å².